The summed E-state index contributed by atoms with van der Waals surface area (Å²) in [5, 5.41) is 12.5. The lowest BCUT2D eigenvalue weighted by Crippen LogP contribution is -2.34. The lowest BCUT2D eigenvalue weighted by Gasteiger charge is -2.22. The Kier molecular flexibility index (Phi) is 3.25. The molecule has 2 aromatic heterocycles. The SMILES string of the molecule is Cc1nnc2ccc(N(C)CCN3CCCC3=O)nn12. The summed E-state index contributed by atoms with van der Waals surface area (Å²) in [4.78, 5) is 15.5. The van der Waals surface area contributed by atoms with Crippen molar-refractivity contribution in [1.29, 1.82) is 0 Å². The van der Waals surface area contributed by atoms with Gasteiger partial charge < -0.3 is 9.80 Å². The number of aryl methyl sites for hydroxylation is 1. The van der Waals surface area contributed by atoms with Crippen molar-refractivity contribution < 1.29 is 4.79 Å². The maximum Gasteiger partial charge on any atom is 0.222 e. The Labute approximate surface area is 117 Å². The predicted octanol–water partition coefficient (Wildman–Crippen LogP) is 0.491. The van der Waals surface area contributed by atoms with E-state index in [1.165, 1.54) is 0 Å². The van der Waals surface area contributed by atoms with E-state index in [-0.39, 0.29) is 5.91 Å². The van der Waals surface area contributed by atoms with Gasteiger partial charge in [0.2, 0.25) is 5.91 Å². The van der Waals surface area contributed by atoms with E-state index in [9.17, 15) is 4.79 Å². The molecule has 0 spiro atoms. The van der Waals surface area contributed by atoms with Crippen LogP contribution in [0.3, 0.4) is 0 Å². The van der Waals surface area contributed by atoms with E-state index in [1.807, 2.05) is 35.9 Å². The Morgan fingerprint density at radius 2 is 2.20 bits per heavy atom. The number of carbonyl (C=O) groups excluding carboxylic acids is 1. The minimum absolute atomic E-state index is 0.261. The Morgan fingerprint density at radius 1 is 1.35 bits per heavy atom. The first kappa shape index (κ1) is 12.8. The Balaban J connectivity index is 1.70. The zero-order valence-electron chi connectivity index (χ0n) is 11.8. The number of likely N-dealkylation sites (tertiary alicyclic amines) is 1. The average Bonchev–Trinajstić information content (AvgIpc) is 3.03. The predicted molar refractivity (Wildman–Crippen MR) is 74.6 cm³/mol. The second kappa shape index (κ2) is 5.07. The largest absolute Gasteiger partial charge is 0.356 e. The van der Waals surface area contributed by atoms with Crippen molar-refractivity contribution >= 4 is 17.4 Å². The molecule has 20 heavy (non-hydrogen) atoms. The standard InChI is InChI=1S/C13H18N6O/c1-10-14-15-11-5-6-12(16-19(10)11)17(2)8-9-18-7-3-4-13(18)20/h5-6H,3-4,7-9H2,1-2H3. The molecule has 7 nitrogen and oxygen atoms in total. The fraction of sp³-hybridized carbons (Fsp3) is 0.538. The van der Waals surface area contributed by atoms with Crippen molar-refractivity contribution in [3.8, 4) is 0 Å². The normalized spacial score (nSPS) is 15.3. The lowest BCUT2D eigenvalue weighted by atomic mass is 10.4. The lowest BCUT2D eigenvalue weighted by molar-refractivity contribution is -0.127. The average molecular weight is 274 g/mol. The Morgan fingerprint density at radius 3 is 2.95 bits per heavy atom. The van der Waals surface area contributed by atoms with E-state index >= 15 is 0 Å². The molecule has 2 aromatic rings. The summed E-state index contributed by atoms with van der Waals surface area (Å²) in [6, 6.07) is 3.83. The maximum absolute atomic E-state index is 11.6. The number of hydrogen-bond donors (Lipinski definition) is 0. The maximum atomic E-state index is 11.6. The summed E-state index contributed by atoms with van der Waals surface area (Å²) in [7, 11) is 1.98. The van der Waals surface area contributed by atoms with E-state index in [2.05, 4.69) is 15.3 Å². The van der Waals surface area contributed by atoms with Crippen LogP contribution in [-0.4, -0.2) is 57.3 Å². The van der Waals surface area contributed by atoms with Gasteiger partial charge in [0, 0.05) is 33.1 Å². The molecule has 0 unspecified atom stereocenters. The molecular formula is C13H18N6O. The van der Waals surface area contributed by atoms with Gasteiger partial charge in [0.25, 0.3) is 0 Å². The highest BCUT2D eigenvalue weighted by molar-refractivity contribution is 5.78. The molecule has 3 rings (SSSR count). The molecule has 106 valence electrons. The number of rotatable bonds is 4. The number of aromatic nitrogens is 4. The number of hydrogen-bond acceptors (Lipinski definition) is 5. The van der Waals surface area contributed by atoms with E-state index in [0.29, 0.717) is 6.42 Å². The minimum Gasteiger partial charge on any atom is -0.356 e. The van der Waals surface area contributed by atoms with Crippen LogP contribution in [0.5, 0.6) is 0 Å². The minimum atomic E-state index is 0.261. The fourth-order valence-electron chi connectivity index (χ4n) is 2.42. The molecule has 0 aliphatic carbocycles. The smallest absolute Gasteiger partial charge is 0.222 e. The zero-order valence-corrected chi connectivity index (χ0v) is 11.8. The highest BCUT2D eigenvalue weighted by atomic mass is 16.2. The first-order valence-corrected chi connectivity index (χ1v) is 6.83. The number of likely N-dealkylation sites (N-methyl/N-ethyl adjacent to an activating group) is 1. The van der Waals surface area contributed by atoms with Gasteiger partial charge in [-0.2, -0.15) is 4.52 Å². The van der Waals surface area contributed by atoms with Crippen LogP contribution in [0.4, 0.5) is 5.82 Å². The van der Waals surface area contributed by atoms with Gasteiger partial charge in [-0.15, -0.1) is 15.3 Å². The van der Waals surface area contributed by atoms with Crippen molar-refractivity contribution in [3.63, 3.8) is 0 Å². The highest BCUT2D eigenvalue weighted by Gasteiger charge is 2.20. The summed E-state index contributed by atoms with van der Waals surface area (Å²) in [6.07, 6.45) is 1.67. The molecule has 1 saturated heterocycles. The first-order valence-electron chi connectivity index (χ1n) is 6.83. The number of amides is 1. The summed E-state index contributed by atoms with van der Waals surface area (Å²) in [5.74, 6) is 1.88. The fourth-order valence-corrected chi connectivity index (χ4v) is 2.42. The van der Waals surface area contributed by atoms with Crippen molar-refractivity contribution in [1.82, 2.24) is 24.7 Å². The van der Waals surface area contributed by atoms with Gasteiger partial charge in [-0.1, -0.05) is 0 Å². The summed E-state index contributed by atoms with van der Waals surface area (Å²) in [6.45, 7) is 4.27. The molecule has 1 fully saturated rings. The van der Waals surface area contributed by atoms with E-state index in [4.69, 9.17) is 0 Å². The molecule has 1 aliphatic rings. The quantitative estimate of drug-likeness (QED) is 0.812. The van der Waals surface area contributed by atoms with Crippen LogP contribution in [0.1, 0.15) is 18.7 Å². The van der Waals surface area contributed by atoms with Gasteiger partial charge in [-0.05, 0) is 25.5 Å². The van der Waals surface area contributed by atoms with Gasteiger partial charge in [-0.3, -0.25) is 4.79 Å². The van der Waals surface area contributed by atoms with Crippen LogP contribution in [-0.2, 0) is 4.79 Å². The van der Waals surface area contributed by atoms with Gasteiger partial charge in [0.05, 0.1) is 0 Å². The van der Waals surface area contributed by atoms with Crippen molar-refractivity contribution in [2.24, 2.45) is 0 Å². The van der Waals surface area contributed by atoms with Crippen molar-refractivity contribution in [2.75, 3.05) is 31.6 Å². The van der Waals surface area contributed by atoms with Gasteiger partial charge in [-0.25, -0.2) is 0 Å². The summed E-state index contributed by atoms with van der Waals surface area (Å²) < 4.78 is 1.73. The molecular weight excluding hydrogens is 256 g/mol. The van der Waals surface area contributed by atoms with Crippen molar-refractivity contribution in [3.05, 3.63) is 18.0 Å². The topological polar surface area (TPSA) is 66.6 Å². The highest BCUT2D eigenvalue weighted by Crippen LogP contribution is 2.12. The Hall–Kier alpha value is -2.18. The first-order chi connectivity index (χ1) is 9.65. The summed E-state index contributed by atoms with van der Waals surface area (Å²) >= 11 is 0. The number of carbonyl (C=O) groups is 1. The van der Waals surface area contributed by atoms with Crippen LogP contribution in [0.25, 0.3) is 5.65 Å². The monoisotopic (exact) mass is 274 g/mol. The zero-order chi connectivity index (χ0) is 14.1. The van der Waals surface area contributed by atoms with E-state index < -0.39 is 0 Å². The molecule has 0 saturated carbocycles. The van der Waals surface area contributed by atoms with Crippen molar-refractivity contribution in [2.45, 2.75) is 19.8 Å². The van der Waals surface area contributed by atoms with Crippen LogP contribution < -0.4 is 4.90 Å². The number of anilines is 1. The van der Waals surface area contributed by atoms with Crippen LogP contribution in [0.2, 0.25) is 0 Å². The molecule has 0 bridgehead atoms. The van der Waals surface area contributed by atoms with Gasteiger partial charge in [0.1, 0.15) is 5.82 Å². The third kappa shape index (κ3) is 2.31. The molecule has 0 aromatic carbocycles. The number of nitrogens with zero attached hydrogens (tertiary/aromatic N) is 6. The summed E-state index contributed by atoms with van der Waals surface area (Å²) in [5.41, 5.74) is 0.745. The molecule has 0 radical (unpaired) electrons. The number of fused-ring (bicyclic) bond motifs is 1. The van der Waals surface area contributed by atoms with E-state index in [1.54, 1.807) is 4.52 Å². The molecule has 1 aliphatic heterocycles. The van der Waals surface area contributed by atoms with Crippen LogP contribution >= 0.6 is 0 Å². The third-order valence-electron chi connectivity index (χ3n) is 3.67. The molecule has 7 heteroatoms. The Bertz CT molecular complexity index is 637. The molecule has 0 N–H and O–H groups in total. The molecule has 3 heterocycles. The second-order valence-corrected chi connectivity index (χ2v) is 5.11. The van der Waals surface area contributed by atoms with Crippen LogP contribution in [0.15, 0.2) is 12.1 Å². The van der Waals surface area contributed by atoms with Gasteiger partial charge >= 0.3 is 0 Å². The van der Waals surface area contributed by atoms with E-state index in [0.717, 1.165) is 43.3 Å². The van der Waals surface area contributed by atoms with Gasteiger partial charge in [0.15, 0.2) is 11.5 Å². The van der Waals surface area contributed by atoms with Crippen LogP contribution in [0, 0.1) is 6.92 Å². The second-order valence-electron chi connectivity index (χ2n) is 5.11. The molecule has 1 amide bonds. The molecule has 0 atom stereocenters. The third-order valence-corrected chi connectivity index (χ3v) is 3.67.